The van der Waals surface area contributed by atoms with E-state index in [4.69, 9.17) is 0 Å². The number of hydrogen-bond donors (Lipinski definition) is 2. The first-order valence-corrected chi connectivity index (χ1v) is 9.38. The molecule has 0 bridgehead atoms. The van der Waals surface area contributed by atoms with Crippen LogP contribution >= 0.6 is 0 Å². The fraction of sp³-hybridized carbons (Fsp3) is 0.625. The molecule has 0 radical (unpaired) electrons. The molecule has 0 aliphatic heterocycles. The highest BCUT2D eigenvalue weighted by atomic mass is 32.2. The predicted octanol–water partition coefficient (Wildman–Crippen LogP) is 2.55. The number of hydrogen-bond acceptors (Lipinski definition) is 3. The van der Waals surface area contributed by atoms with Crippen LogP contribution in [-0.4, -0.2) is 20.5 Å². The van der Waals surface area contributed by atoms with E-state index < -0.39 is 10.0 Å². The fourth-order valence-corrected chi connectivity index (χ4v) is 4.57. The summed E-state index contributed by atoms with van der Waals surface area (Å²) >= 11 is 0. The van der Waals surface area contributed by atoms with Crippen LogP contribution in [0.15, 0.2) is 24.3 Å². The van der Waals surface area contributed by atoms with Crippen LogP contribution in [0, 0.1) is 0 Å². The lowest BCUT2D eigenvalue weighted by Crippen LogP contribution is -2.43. The van der Waals surface area contributed by atoms with Gasteiger partial charge >= 0.3 is 0 Å². The summed E-state index contributed by atoms with van der Waals surface area (Å²) in [4.78, 5) is 0. The van der Waals surface area contributed by atoms with Crippen LogP contribution < -0.4 is 10.0 Å². The van der Waals surface area contributed by atoms with Gasteiger partial charge in [-0.1, -0.05) is 44.0 Å². The molecule has 0 heterocycles. The monoisotopic (exact) mass is 310 g/mol. The Morgan fingerprint density at radius 1 is 1.10 bits per heavy atom. The molecule has 1 fully saturated rings. The molecule has 5 heteroatoms. The molecule has 1 saturated carbocycles. The topological polar surface area (TPSA) is 58.2 Å². The van der Waals surface area contributed by atoms with Gasteiger partial charge in [-0.05, 0) is 37.4 Å². The van der Waals surface area contributed by atoms with Gasteiger partial charge < -0.3 is 5.32 Å². The third kappa shape index (κ3) is 5.09. The average Bonchev–Trinajstić information content (AvgIpc) is 2.83. The summed E-state index contributed by atoms with van der Waals surface area (Å²) < 4.78 is 27.5. The Bertz CT molecular complexity index is 546. The average molecular weight is 310 g/mol. The summed E-state index contributed by atoms with van der Waals surface area (Å²) in [6, 6.07) is 7.79. The van der Waals surface area contributed by atoms with Crippen molar-refractivity contribution in [1.82, 2.24) is 10.0 Å². The van der Waals surface area contributed by atoms with Crippen molar-refractivity contribution in [3.05, 3.63) is 35.4 Å². The zero-order valence-corrected chi connectivity index (χ0v) is 13.8. The van der Waals surface area contributed by atoms with Crippen molar-refractivity contribution < 1.29 is 8.42 Å². The smallest absolute Gasteiger partial charge is 0.216 e. The molecule has 1 aromatic rings. The maximum atomic E-state index is 12.3. The molecule has 0 aromatic heterocycles. The van der Waals surface area contributed by atoms with Crippen molar-refractivity contribution in [2.24, 2.45) is 0 Å². The second-order valence-electron chi connectivity index (χ2n) is 6.23. The van der Waals surface area contributed by atoms with Crippen LogP contribution in [0.25, 0.3) is 0 Å². The molecule has 0 saturated heterocycles. The first kappa shape index (κ1) is 16.5. The van der Waals surface area contributed by atoms with Gasteiger partial charge in [0.25, 0.3) is 0 Å². The lowest BCUT2D eigenvalue weighted by Gasteiger charge is -2.24. The maximum absolute atomic E-state index is 12.3. The molecule has 0 amide bonds. The number of sulfonamides is 1. The van der Waals surface area contributed by atoms with Gasteiger partial charge in [0.2, 0.25) is 10.0 Å². The summed E-state index contributed by atoms with van der Waals surface area (Å²) in [5.41, 5.74) is 1.77. The number of benzene rings is 1. The van der Waals surface area contributed by atoms with Crippen LogP contribution in [0.1, 0.15) is 50.7 Å². The van der Waals surface area contributed by atoms with E-state index in [9.17, 15) is 8.42 Å². The molecular formula is C16H26N2O2S. The van der Waals surface area contributed by atoms with Gasteiger partial charge in [0, 0.05) is 12.1 Å². The molecule has 1 aliphatic rings. The van der Waals surface area contributed by atoms with Gasteiger partial charge in [0.05, 0.1) is 5.75 Å². The Morgan fingerprint density at radius 2 is 1.67 bits per heavy atom. The van der Waals surface area contributed by atoms with Crippen LogP contribution in [0.4, 0.5) is 0 Å². The highest BCUT2D eigenvalue weighted by Gasteiger charge is 2.32. The molecule has 118 valence electrons. The van der Waals surface area contributed by atoms with Crippen LogP contribution in [0.2, 0.25) is 0 Å². The fourth-order valence-electron chi connectivity index (χ4n) is 2.91. The molecule has 1 aliphatic carbocycles. The van der Waals surface area contributed by atoms with Crippen LogP contribution in [-0.2, 0) is 22.3 Å². The van der Waals surface area contributed by atoms with E-state index >= 15 is 0 Å². The van der Waals surface area contributed by atoms with Crippen molar-refractivity contribution in [3.8, 4) is 0 Å². The van der Waals surface area contributed by atoms with E-state index in [1.165, 1.54) is 5.56 Å². The first-order valence-electron chi connectivity index (χ1n) is 7.73. The SMILES string of the molecule is CCNCc1ccc(CS(=O)(=O)NC2(C)CCCC2)cc1. The minimum Gasteiger partial charge on any atom is -0.313 e. The zero-order chi connectivity index (χ0) is 15.3. The van der Waals surface area contributed by atoms with E-state index in [2.05, 4.69) is 17.0 Å². The van der Waals surface area contributed by atoms with E-state index in [1.807, 2.05) is 31.2 Å². The van der Waals surface area contributed by atoms with Gasteiger partial charge in [-0.25, -0.2) is 13.1 Å². The quantitative estimate of drug-likeness (QED) is 0.814. The van der Waals surface area contributed by atoms with Crippen LogP contribution in [0.5, 0.6) is 0 Å². The van der Waals surface area contributed by atoms with E-state index in [0.29, 0.717) is 0 Å². The maximum Gasteiger partial charge on any atom is 0.216 e. The standard InChI is InChI=1S/C16H26N2O2S/c1-3-17-12-14-6-8-15(9-7-14)13-21(19,20)18-16(2)10-4-5-11-16/h6-9,17-18H,3-5,10-13H2,1-2H3. The molecule has 2 rings (SSSR count). The van der Waals surface area contributed by atoms with Crippen molar-refractivity contribution in [2.45, 2.75) is 57.4 Å². The van der Waals surface area contributed by atoms with Crippen molar-refractivity contribution in [1.29, 1.82) is 0 Å². The zero-order valence-electron chi connectivity index (χ0n) is 13.0. The molecule has 21 heavy (non-hydrogen) atoms. The second-order valence-corrected chi connectivity index (χ2v) is 7.95. The lowest BCUT2D eigenvalue weighted by molar-refractivity contribution is 0.427. The molecule has 4 nitrogen and oxygen atoms in total. The Labute approximate surface area is 128 Å². The van der Waals surface area contributed by atoms with Crippen molar-refractivity contribution >= 4 is 10.0 Å². The normalized spacial score (nSPS) is 18.0. The predicted molar refractivity (Wildman–Crippen MR) is 86.5 cm³/mol. The summed E-state index contributed by atoms with van der Waals surface area (Å²) in [5, 5.41) is 3.25. The summed E-state index contributed by atoms with van der Waals surface area (Å²) in [5.74, 6) is 0.0596. The van der Waals surface area contributed by atoms with E-state index in [1.54, 1.807) is 0 Å². The minimum absolute atomic E-state index is 0.0596. The highest BCUT2D eigenvalue weighted by molar-refractivity contribution is 7.88. The number of nitrogens with one attached hydrogen (secondary N) is 2. The van der Waals surface area contributed by atoms with Crippen molar-refractivity contribution in [3.63, 3.8) is 0 Å². The Balaban J connectivity index is 1.96. The molecule has 0 spiro atoms. The van der Waals surface area contributed by atoms with Gasteiger partial charge in [0.1, 0.15) is 0 Å². The third-order valence-corrected chi connectivity index (χ3v) is 5.58. The number of rotatable bonds is 7. The minimum atomic E-state index is -3.27. The largest absolute Gasteiger partial charge is 0.313 e. The van der Waals surface area contributed by atoms with Gasteiger partial charge in [0.15, 0.2) is 0 Å². The molecule has 0 atom stereocenters. The highest BCUT2D eigenvalue weighted by Crippen LogP contribution is 2.29. The van der Waals surface area contributed by atoms with Crippen LogP contribution in [0.3, 0.4) is 0 Å². The summed E-state index contributed by atoms with van der Waals surface area (Å²) in [7, 11) is -3.27. The van der Waals surface area contributed by atoms with Gasteiger partial charge in [-0.2, -0.15) is 0 Å². The Kier molecular flexibility index (Phi) is 5.41. The molecular weight excluding hydrogens is 284 g/mol. The molecule has 2 N–H and O–H groups in total. The third-order valence-electron chi connectivity index (χ3n) is 4.07. The van der Waals surface area contributed by atoms with Crippen molar-refractivity contribution in [2.75, 3.05) is 6.54 Å². The van der Waals surface area contributed by atoms with E-state index in [0.717, 1.165) is 44.3 Å². The molecule has 1 aromatic carbocycles. The Morgan fingerprint density at radius 3 is 2.24 bits per heavy atom. The van der Waals surface area contributed by atoms with Gasteiger partial charge in [-0.15, -0.1) is 0 Å². The first-order chi connectivity index (χ1) is 9.92. The Hall–Kier alpha value is -0.910. The second kappa shape index (κ2) is 6.90. The molecule has 0 unspecified atom stereocenters. The van der Waals surface area contributed by atoms with E-state index in [-0.39, 0.29) is 11.3 Å². The van der Waals surface area contributed by atoms with Gasteiger partial charge in [-0.3, -0.25) is 0 Å². The summed E-state index contributed by atoms with van der Waals surface area (Å²) in [6.45, 7) is 5.83. The lowest BCUT2D eigenvalue weighted by atomic mass is 10.0. The summed E-state index contributed by atoms with van der Waals surface area (Å²) in [6.07, 6.45) is 4.10.